The fourth-order valence-electron chi connectivity index (χ4n) is 1.91. The summed E-state index contributed by atoms with van der Waals surface area (Å²) in [5, 5.41) is 11.4. The van der Waals surface area contributed by atoms with Crippen LogP contribution in [0.2, 0.25) is 0 Å². The molecule has 0 saturated heterocycles. The number of carbonyl (C=O) groups excluding carboxylic acids is 1. The van der Waals surface area contributed by atoms with Crippen LogP contribution in [0.1, 0.15) is 23.7 Å². The topological polar surface area (TPSA) is 88.5 Å². The van der Waals surface area contributed by atoms with Gasteiger partial charge >= 0.3 is 5.97 Å². The molecule has 6 nitrogen and oxygen atoms in total. The summed E-state index contributed by atoms with van der Waals surface area (Å²) in [4.78, 5) is 26.3. The zero-order chi connectivity index (χ0) is 16.0. The van der Waals surface area contributed by atoms with Crippen LogP contribution in [0.25, 0.3) is 0 Å². The Morgan fingerprint density at radius 1 is 1.48 bits per heavy atom. The quantitative estimate of drug-likeness (QED) is 0.794. The van der Waals surface area contributed by atoms with Crippen LogP contribution in [0.5, 0.6) is 5.75 Å². The van der Waals surface area contributed by atoms with Crippen molar-refractivity contribution in [3.63, 3.8) is 0 Å². The highest BCUT2D eigenvalue weighted by molar-refractivity contribution is 7.98. The van der Waals surface area contributed by atoms with Crippen LogP contribution >= 0.6 is 11.8 Å². The number of thioether (sulfide) groups is 1. The van der Waals surface area contributed by atoms with E-state index in [1.165, 1.54) is 18.7 Å². The third kappa shape index (κ3) is 4.93. The van der Waals surface area contributed by atoms with Crippen molar-refractivity contribution in [1.29, 1.82) is 0 Å². The van der Waals surface area contributed by atoms with Crippen molar-refractivity contribution in [3.05, 3.63) is 23.0 Å². The van der Waals surface area contributed by atoms with E-state index in [2.05, 4.69) is 10.3 Å². The largest absolute Gasteiger partial charge is 0.496 e. The van der Waals surface area contributed by atoms with Gasteiger partial charge in [-0.15, -0.1) is 0 Å². The molecule has 2 N–H and O–H groups in total. The van der Waals surface area contributed by atoms with Crippen LogP contribution in [-0.2, 0) is 15.3 Å². The second kappa shape index (κ2) is 7.87. The van der Waals surface area contributed by atoms with E-state index in [4.69, 9.17) is 9.84 Å². The minimum Gasteiger partial charge on any atom is -0.496 e. The Balaban J connectivity index is 2.67. The van der Waals surface area contributed by atoms with Gasteiger partial charge in [-0.05, 0) is 13.8 Å². The van der Waals surface area contributed by atoms with Crippen molar-refractivity contribution in [1.82, 2.24) is 10.3 Å². The van der Waals surface area contributed by atoms with Crippen LogP contribution in [0, 0.1) is 13.8 Å². The molecule has 7 heteroatoms. The van der Waals surface area contributed by atoms with Crippen LogP contribution in [-0.4, -0.2) is 40.9 Å². The van der Waals surface area contributed by atoms with Crippen LogP contribution in [0.4, 0.5) is 0 Å². The Morgan fingerprint density at radius 3 is 2.67 bits per heavy atom. The highest BCUT2D eigenvalue weighted by atomic mass is 32.2. The fourth-order valence-corrected chi connectivity index (χ4v) is 2.97. The van der Waals surface area contributed by atoms with Gasteiger partial charge in [0.2, 0.25) is 5.91 Å². The predicted molar refractivity (Wildman–Crippen MR) is 81.7 cm³/mol. The number of carbonyl (C=O) groups is 2. The van der Waals surface area contributed by atoms with E-state index >= 15 is 0 Å². The van der Waals surface area contributed by atoms with Crippen LogP contribution < -0.4 is 10.1 Å². The molecule has 0 spiro atoms. The minimum atomic E-state index is -1.04. The number of rotatable bonds is 7. The zero-order valence-electron chi connectivity index (χ0n) is 12.6. The second-order valence-corrected chi connectivity index (χ2v) is 5.68. The Bertz CT molecular complexity index is 534. The summed E-state index contributed by atoms with van der Waals surface area (Å²) in [5.74, 6) is 0.258. The van der Waals surface area contributed by atoms with E-state index in [1.807, 2.05) is 13.8 Å². The molecule has 0 fully saturated rings. The number of carboxylic acids is 1. The third-order valence-corrected chi connectivity index (χ3v) is 4.00. The molecule has 1 rings (SSSR count). The smallest absolute Gasteiger partial charge is 0.327 e. The molecule has 21 heavy (non-hydrogen) atoms. The summed E-state index contributed by atoms with van der Waals surface area (Å²) >= 11 is 1.41. The lowest BCUT2D eigenvalue weighted by Gasteiger charge is -2.14. The number of amides is 1. The number of aryl methyl sites for hydroxylation is 1. The van der Waals surface area contributed by atoms with E-state index in [-0.39, 0.29) is 11.7 Å². The number of methoxy groups -OCH3 is 1. The molecule has 0 aliphatic rings. The summed E-state index contributed by atoms with van der Waals surface area (Å²) in [7, 11) is 1.61. The van der Waals surface area contributed by atoms with Crippen molar-refractivity contribution in [2.45, 2.75) is 32.6 Å². The average molecular weight is 312 g/mol. The first-order chi connectivity index (χ1) is 9.86. The van der Waals surface area contributed by atoms with Crippen molar-refractivity contribution in [2.75, 3.05) is 12.9 Å². The standard InChI is InChI=1S/C14H20N2O4S/c1-8-5-15-11(9(2)13(8)20-4)6-21-7-12(14(18)19)16-10(3)17/h5,12H,6-7H2,1-4H3,(H,16,17)(H,18,19). The zero-order valence-corrected chi connectivity index (χ0v) is 13.4. The monoisotopic (exact) mass is 312 g/mol. The summed E-state index contributed by atoms with van der Waals surface area (Å²) in [6, 6.07) is -0.889. The number of aromatic nitrogens is 1. The molecule has 1 aromatic rings. The number of ether oxygens (including phenoxy) is 1. The molecular weight excluding hydrogens is 292 g/mol. The Morgan fingerprint density at radius 2 is 2.14 bits per heavy atom. The summed E-state index contributed by atoms with van der Waals surface area (Å²) in [6.45, 7) is 5.15. The number of carboxylic acid groups (broad SMARTS) is 1. The first kappa shape index (κ1) is 17.3. The third-order valence-electron chi connectivity index (χ3n) is 2.95. The van der Waals surface area contributed by atoms with Gasteiger partial charge in [-0.2, -0.15) is 11.8 Å². The number of nitrogens with zero attached hydrogens (tertiary/aromatic N) is 1. The molecule has 1 unspecified atom stereocenters. The Hall–Kier alpha value is -1.76. The molecule has 1 heterocycles. The maximum absolute atomic E-state index is 11.0. The molecule has 1 atom stereocenters. The van der Waals surface area contributed by atoms with Crippen molar-refractivity contribution >= 4 is 23.6 Å². The van der Waals surface area contributed by atoms with Gasteiger partial charge in [-0.25, -0.2) is 4.79 Å². The van der Waals surface area contributed by atoms with Gasteiger partial charge in [-0.1, -0.05) is 0 Å². The average Bonchev–Trinajstić information content (AvgIpc) is 2.40. The molecule has 0 aliphatic heterocycles. The van der Waals surface area contributed by atoms with Gasteiger partial charge in [0, 0.05) is 35.8 Å². The number of pyridine rings is 1. The van der Waals surface area contributed by atoms with Crippen LogP contribution in [0.15, 0.2) is 6.20 Å². The molecular formula is C14H20N2O4S. The molecule has 1 aromatic heterocycles. The Kier molecular flexibility index (Phi) is 6.48. The van der Waals surface area contributed by atoms with Crippen molar-refractivity contribution < 1.29 is 19.4 Å². The van der Waals surface area contributed by atoms with E-state index in [0.29, 0.717) is 5.75 Å². The molecule has 1 amide bonds. The maximum Gasteiger partial charge on any atom is 0.327 e. The van der Waals surface area contributed by atoms with E-state index < -0.39 is 12.0 Å². The fraction of sp³-hybridized carbons (Fsp3) is 0.500. The number of hydrogen-bond acceptors (Lipinski definition) is 5. The normalized spacial score (nSPS) is 11.8. The molecule has 0 aliphatic carbocycles. The highest BCUT2D eigenvalue weighted by Crippen LogP contribution is 2.26. The van der Waals surface area contributed by atoms with Gasteiger partial charge < -0.3 is 15.2 Å². The highest BCUT2D eigenvalue weighted by Gasteiger charge is 2.18. The van der Waals surface area contributed by atoms with E-state index in [1.54, 1.807) is 13.3 Å². The van der Waals surface area contributed by atoms with E-state index in [0.717, 1.165) is 22.6 Å². The minimum absolute atomic E-state index is 0.284. The molecule has 0 saturated carbocycles. The first-order valence-corrected chi connectivity index (χ1v) is 7.59. The molecule has 0 radical (unpaired) electrons. The molecule has 116 valence electrons. The number of nitrogens with one attached hydrogen (secondary N) is 1. The first-order valence-electron chi connectivity index (χ1n) is 6.43. The lowest BCUT2D eigenvalue weighted by molar-refractivity contribution is -0.140. The SMILES string of the molecule is COc1c(C)cnc(CSCC(NC(C)=O)C(=O)O)c1C. The van der Waals surface area contributed by atoms with Crippen molar-refractivity contribution in [3.8, 4) is 5.75 Å². The van der Waals surface area contributed by atoms with Gasteiger partial charge in [-0.3, -0.25) is 9.78 Å². The number of hydrogen-bond donors (Lipinski definition) is 2. The van der Waals surface area contributed by atoms with Crippen LogP contribution in [0.3, 0.4) is 0 Å². The predicted octanol–water partition coefficient (Wildman–Crippen LogP) is 1.53. The summed E-state index contributed by atoms with van der Waals surface area (Å²) in [6.07, 6.45) is 1.74. The summed E-state index contributed by atoms with van der Waals surface area (Å²) < 4.78 is 5.33. The molecule has 0 bridgehead atoms. The maximum atomic E-state index is 11.0. The van der Waals surface area contributed by atoms with Gasteiger partial charge in [0.05, 0.1) is 12.8 Å². The lowest BCUT2D eigenvalue weighted by atomic mass is 10.1. The van der Waals surface area contributed by atoms with Gasteiger partial charge in [0.25, 0.3) is 0 Å². The number of aliphatic carboxylic acids is 1. The van der Waals surface area contributed by atoms with Crippen molar-refractivity contribution in [2.24, 2.45) is 0 Å². The Labute approximate surface area is 128 Å². The lowest BCUT2D eigenvalue weighted by Crippen LogP contribution is -2.41. The van der Waals surface area contributed by atoms with Gasteiger partial charge in [0.15, 0.2) is 0 Å². The second-order valence-electron chi connectivity index (χ2n) is 4.65. The van der Waals surface area contributed by atoms with Gasteiger partial charge in [0.1, 0.15) is 11.8 Å². The molecule has 0 aromatic carbocycles. The summed E-state index contributed by atoms with van der Waals surface area (Å²) in [5.41, 5.74) is 2.77. The van der Waals surface area contributed by atoms with E-state index in [9.17, 15) is 9.59 Å².